The zero-order valence-corrected chi connectivity index (χ0v) is 18.2. The third-order valence-electron chi connectivity index (χ3n) is 6.01. The highest BCUT2D eigenvalue weighted by Gasteiger charge is 2.29. The molecule has 0 unspecified atom stereocenters. The Labute approximate surface area is 186 Å². The molecule has 2 aromatic heterocycles. The lowest BCUT2D eigenvalue weighted by Gasteiger charge is -2.33. The number of benzene rings is 1. The molecule has 9 heteroatoms. The van der Waals surface area contributed by atoms with Crippen LogP contribution in [-0.2, 0) is 22.5 Å². The molecule has 4 heterocycles. The van der Waals surface area contributed by atoms with Gasteiger partial charge in [-0.1, -0.05) is 0 Å². The second kappa shape index (κ2) is 8.58. The minimum absolute atomic E-state index is 0.0178. The summed E-state index contributed by atoms with van der Waals surface area (Å²) in [5.41, 5.74) is 3.79. The topological polar surface area (TPSA) is 96.6 Å². The lowest BCUT2D eigenvalue weighted by molar-refractivity contribution is -0.129. The molecule has 2 aliphatic heterocycles. The minimum atomic E-state index is -0.0178. The molecule has 1 N–H and O–H groups in total. The highest BCUT2D eigenvalue weighted by atomic mass is 16.5. The van der Waals surface area contributed by atoms with Crippen molar-refractivity contribution in [3.05, 3.63) is 48.1 Å². The van der Waals surface area contributed by atoms with Crippen LogP contribution in [0.25, 0.3) is 11.3 Å². The molecule has 0 spiro atoms. The van der Waals surface area contributed by atoms with Crippen LogP contribution < -0.4 is 10.2 Å². The standard InChI is InChI=1S/C23H26N6O3/c1-15(30)29-10-9-19-18(13-29)22(28(2)21-4-3-11-31-21)27-23(26-19)25-17-7-5-16(6-8-17)20-12-24-14-32-20/h5-8,12,14,21H,3-4,9-11,13H2,1-2H3,(H,25,26,27)/t21-/m1/s1. The van der Waals surface area contributed by atoms with Crippen LogP contribution in [0.4, 0.5) is 17.5 Å². The number of carbonyl (C=O) groups is 1. The molecule has 1 fully saturated rings. The van der Waals surface area contributed by atoms with Crippen molar-refractivity contribution in [1.82, 2.24) is 19.9 Å². The Bertz CT molecular complexity index is 1090. The Morgan fingerprint density at radius 1 is 1.25 bits per heavy atom. The summed E-state index contributed by atoms with van der Waals surface area (Å²) in [6.45, 7) is 3.54. The van der Waals surface area contributed by atoms with Gasteiger partial charge in [0.25, 0.3) is 0 Å². The Balaban J connectivity index is 1.45. The number of fused-ring (bicyclic) bond motifs is 1. The van der Waals surface area contributed by atoms with Crippen molar-refractivity contribution in [3.8, 4) is 11.3 Å². The maximum absolute atomic E-state index is 12.0. The average molecular weight is 435 g/mol. The van der Waals surface area contributed by atoms with Crippen molar-refractivity contribution >= 4 is 23.4 Å². The van der Waals surface area contributed by atoms with Crippen LogP contribution in [0.3, 0.4) is 0 Å². The van der Waals surface area contributed by atoms with E-state index in [0.717, 1.165) is 53.5 Å². The van der Waals surface area contributed by atoms with E-state index in [9.17, 15) is 4.79 Å². The fourth-order valence-corrected chi connectivity index (χ4v) is 4.22. The van der Waals surface area contributed by atoms with E-state index in [1.807, 2.05) is 36.2 Å². The van der Waals surface area contributed by atoms with E-state index in [-0.39, 0.29) is 12.1 Å². The highest BCUT2D eigenvalue weighted by molar-refractivity contribution is 5.74. The summed E-state index contributed by atoms with van der Waals surface area (Å²) in [7, 11) is 2.00. The van der Waals surface area contributed by atoms with Crippen LogP contribution >= 0.6 is 0 Å². The molecule has 0 saturated carbocycles. The van der Waals surface area contributed by atoms with Crippen LogP contribution in [0.2, 0.25) is 0 Å². The van der Waals surface area contributed by atoms with E-state index in [4.69, 9.17) is 19.1 Å². The fourth-order valence-electron chi connectivity index (χ4n) is 4.22. The van der Waals surface area contributed by atoms with Gasteiger partial charge in [0, 0.05) is 50.4 Å². The van der Waals surface area contributed by atoms with E-state index in [2.05, 4.69) is 15.2 Å². The molecule has 1 atom stereocenters. The summed E-state index contributed by atoms with van der Waals surface area (Å²) < 4.78 is 11.2. The van der Waals surface area contributed by atoms with Gasteiger partial charge in [-0.3, -0.25) is 4.79 Å². The first-order chi connectivity index (χ1) is 15.6. The summed E-state index contributed by atoms with van der Waals surface area (Å²) in [5, 5.41) is 3.33. The number of anilines is 3. The largest absolute Gasteiger partial charge is 0.444 e. The first kappa shape index (κ1) is 20.4. The summed E-state index contributed by atoms with van der Waals surface area (Å²) >= 11 is 0. The second-order valence-electron chi connectivity index (χ2n) is 8.13. The molecule has 3 aromatic rings. The van der Waals surface area contributed by atoms with Gasteiger partial charge in [-0.05, 0) is 37.1 Å². The number of hydrogen-bond acceptors (Lipinski definition) is 8. The van der Waals surface area contributed by atoms with Gasteiger partial charge in [0.1, 0.15) is 12.0 Å². The quantitative estimate of drug-likeness (QED) is 0.653. The number of oxazole rings is 1. The fraction of sp³-hybridized carbons (Fsp3) is 0.391. The zero-order chi connectivity index (χ0) is 22.1. The SMILES string of the molecule is CC(=O)N1CCc2nc(Nc3ccc(-c4cnco4)cc3)nc(N(C)[C@H]3CCCO3)c2C1. The van der Waals surface area contributed by atoms with E-state index >= 15 is 0 Å². The number of hydrogen-bond donors (Lipinski definition) is 1. The molecular formula is C23H26N6O3. The van der Waals surface area contributed by atoms with E-state index in [1.165, 1.54) is 6.39 Å². The lowest BCUT2D eigenvalue weighted by Crippen LogP contribution is -2.38. The summed E-state index contributed by atoms with van der Waals surface area (Å²) in [5.74, 6) is 2.13. The molecular weight excluding hydrogens is 408 g/mol. The summed E-state index contributed by atoms with van der Waals surface area (Å²) in [6.07, 6.45) is 5.77. The number of aromatic nitrogens is 3. The number of carbonyl (C=O) groups excluding carboxylic acids is 1. The second-order valence-corrected chi connectivity index (χ2v) is 8.13. The highest BCUT2D eigenvalue weighted by Crippen LogP contribution is 2.31. The molecule has 2 aliphatic rings. The van der Waals surface area contributed by atoms with E-state index in [1.54, 1.807) is 13.1 Å². The molecule has 166 valence electrons. The Morgan fingerprint density at radius 2 is 2.09 bits per heavy atom. The Morgan fingerprint density at radius 3 is 2.78 bits per heavy atom. The molecule has 0 radical (unpaired) electrons. The van der Waals surface area contributed by atoms with Gasteiger partial charge < -0.3 is 24.3 Å². The summed E-state index contributed by atoms with van der Waals surface area (Å²) in [4.78, 5) is 29.5. The summed E-state index contributed by atoms with van der Waals surface area (Å²) in [6, 6.07) is 7.85. The van der Waals surface area contributed by atoms with Gasteiger partial charge in [0.15, 0.2) is 12.2 Å². The van der Waals surface area contributed by atoms with Crippen LogP contribution in [0.1, 0.15) is 31.0 Å². The van der Waals surface area contributed by atoms with Gasteiger partial charge in [0.05, 0.1) is 18.4 Å². The molecule has 1 amide bonds. The Hall–Kier alpha value is -3.46. The number of ether oxygens (including phenoxy) is 1. The van der Waals surface area contributed by atoms with Gasteiger partial charge in [-0.25, -0.2) is 9.97 Å². The van der Waals surface area contributed by atoms with Gasteiger partial charge in [0.2, 0.25) is 11.9 Å². The lowest BCUT2D eigenvalue weighted by atomic mass is 10.1. The molecule has 0 aliphatic carbocycles. The third-order valence-corrected chi connectivity index (χ3v) is 6.01. The van der Waals surface area contributed by atoms with Crippen molar-refractivity contribution in [1.29, 1.82) is 0 Å². The predicted octanol–water partition coefficient (Wildman–Crippen LogP) is 3.35. The van der Waals surface area contributed by atoms with E-state index in [0.29, 0.717) is 25.5 Å². The van der Waals surface area contributed by atoms with Crippen LogP contribution in [0.15, 0.2) is 41.3 Å². The molecule has 1 aromatic carbocycles. The van der Waals surface area contributed by atoms with Gasteiger partial charge in [-0.2, -0.15) is 4.98 Å². The van der Waals surface area contributed by atoms with Crippen molar-refractivity contribution in [3.63, 3.8) is 0 Å². The monoisotopic (exact) mass is 434 g/mol. The number of amides is 1. The molecule has 1 saturated heterocycles. The van der Waals surface area contributed by atoms with Crippen molar-refractivity contribution in [2.45, 2.75) is 39.0 Å². The van der Waals surface area contributed by atoms with Crippen molar-refractivity contribution in [2.24, 2.45) is 0 Å². The third kappa shape index (κ3) is 4.03. The van der Waals surface area contributed by atoms with Crippen LogP contribution in [0.5, 0.6) is 0 Å². The molecule has 0 bridgehead atoms. The number of nitrogens with zero attached hydrogens (tertiary/aromatic N) is 5. The molecule has 5 rings (SSSR count). The van der Waals surface area contributed by atoms with Crippen molar-refractivity contribution in [2.75, 3.05) is 30.4 Å². The zero-order valence-electron chi connectivity index (χ0n) is 18.2. The average Bonchev–Trinajstić information content (AvgIpc) is 3.53. The van der Waals surface area contributed by atoms with Gasteiger partial charge >= 0.3 is 0 Å². The Kier molecular flexibility index (Phi) is 5.48. The minimum Gasteiger partial charge on any atom is -0.444 e. The van der Waals surface area contributed by atoms with Crippen LogP contribution in [0, 0.1) is 0 Å². The maximum atomic E-state index is 12.0. The number of nitrogens with one attached hydrogen (secondary N) is 1. The first-order valence-corrected chi connectivity index (χ1v) is 10.8. The molecule has 32 heavy (non-hydrogen) atoms. The van der Waals surface area contributed by atoms with E-state index < -0.39 is 0 Å². The number of rotatable bonds is 5. The predicted molar refractivity (Wildman–Crippen MR) is 119 cm³/mol. The van der Waals surface area contributed by atoms with Crippen LogP contribution in [-0.4, -0.2) is 52.2 Å². The first-order valence-electron chi connectivity index (χ1n) is 10.8. The normalized spacial score (nSPS) is 17.8. The smallest absolute Gasteiger partial charge is 0.229 e. The van der Waals surface area contributed by atoms with Crippen molar-refractivity contribution < 1.29 is 13.9 Å². The molecule has 9 nitrogen and oxygen atoms in total. The maximum Gasteiger partial charge on any atom is 0.229 e. The van der Waals surface area contributed by atoms with Gasteiger partial charge in [-0.15, -0.1) is 0 Å².